The molecule has 0 bridgehead atoms. The third kappa shape index (κ3) is 3.50. The van der Waals surface area contributed by atoms with Gasteiger partial charge in [0, 0.05) is 21.5 Å². The van der Waals surface area contributed by atoms with Crippen molar-refractivity contribution in [2.24, 2.45) is 0 Å². The third-order valence-electron chi connectivity index (χ3n) is 4.18. The van der Waals surface area contributed by atoms with Crippen LogP contribution in [0.1, 0.15) is 40.8 Å². The van der Waals surface area contributed by atoms with Crippen LogP contribution in [-0.4, -0.2) is 4.98 Å². The predicted molar refractivity (Wildman–Crippen MR) is 96.4 cm³/mol. The Kier molecular flexibility index (Phi) is 5.16. The Morgan fingerprint density at radius 1 is 1.22 bits per heavy atom. The van der Waals surface area contributed by atoms with Crippen molar-refractivity contribution in [3.8, 4) is 6.07 Å². The number of halogens is 2. The summed E-state index contributed by atoms with van der Waals surface area (Å²) in [5.41, 5.74) is 5.29. The van der Waals surface area contributed by atoms with Gasteiger partial charge >= 0.3 is 0 Å². The Hall–Kier alpha value is -1.21. The molecule has 0 N–H and O–H groups in total. The van der Waals surface area contributed by atoms with Gasteiger partial charge in [0.15, 0.2) is 0 Å². The largest absolute Gasteiger partial charge is 0.245 e. The smallest absolute Gasteiger partial charge is 0.115 e. The van der Waals surface area contributed by atoms with Crippen molar-refractivity contribution in [1.29, 1.82) is 5.26 Å². The average Bonchev–Trinajstić information content (AvgIpc) is 2.54. The number of rotatable bonds is 3. The van der Waals surface area contributed by atoms with Crippen LogP contribution < -0.4 is 0 Å². The first-order valence-electron chi connectivity index (χ1n) is 7.59. The summed E-state index contributed by atoms with van der Waals surface area (Å²) in [6.45, 7) is 2.05. The van der Waals surface area contributed by atoms with E-state index in [-0.39, 0.29) is 0 Å². The van der Waals surface area contributed by atoms with Crippen molar-refractivity contribution in [2.75, 3.05) is 0 Å². The van der Waals surface area contributed by atoms with Gasteiger partial charge in [0.25, 0.3) is 0 Å². The Morgan fingerprint density at radius 2 is 1.96 bits per heavy atom. The topological polar surface area (TPSA) is 36.7 Å². The van der Waals surface area contributed by atoms with E-state index < -0.39 is 0 Å². The molecule has 1 heterocycles. The summed E-state index contributed by atoms with van der Waals surface area (Å²) in [4.78, 5) is 4.69. The van der Waals surface area contributed by atoms with Crippen molar-refractivity contribution >= 4 is 35.0 Å². The van der Waals surface area contributed by atoms with Gasteiger partial charge in [-0.25, -0.2) is 4.98 Å². The number of thioether (sulfide) groups is 1. The maximum absolute atomic E-state index is 9.61. The molecule has 5 heteroatoms. The molecule has 0 radical (unpaired) electrons. The first-order chi connectivity index (χ1) is 11.1. The number of hydrogen-bond acceptors (Lipinski definition) is 3. The molecular weight excluding hydrogens is 347 g/mol. The number of pyridine rings is 1. The highest BCUT2D eigenvalue weighted by molar-refractivity contribution is 7.98. The quantitative estimate of drug-likeness (QED) is 0.653. The van der Waals surface area contributed by atoms with Gasteiger partial charge in [-0.3, -0.25) is 0 Å². The maximum Gasteiger partial charge on any atom is 0.115 e. The van der Waals surface area contributed by atoms with E-state index in [9.17, 15) is 5.26 Å². The van der Waals surface area contributed by atoms with Gasteiger partial charge in [-0.1, -0.05) is 29.3 Å². The Bertz CT molecular complexity index is 797. The predicted octanol–water partition coefficient (Wildman–Crippen LogP) is 5.74. The van der Waals surface area contributed by atoms with Crippen LogP contribution >= 0.6 is 35.0 Å². The van der Waals surface area contributed by atoms with Crippen LogP contribution in [0.3, 0.4) is 0 Å². The van der Waals surface area contributed by atoms with Crippen LogP contribution in [0.4, 0.5) is 0 Å². The normalized spacial score (nSPS) is 13.5. The van der Waals surface area contributed by atoms with Gasteiger partial charge in [-0.2, -0.15) is 5.26 Å². The summed E-state index contributed by atoms with van der Waals surface area (Å²) in [6.07, 6.45) is 4.36. The first kappa shape index (κ1) is 16.6. The molecule has 1 aliphatic carbocycles. The van der Waals surface area contributed by atoms with Gasteiger partial charge in [-0.05, 0) is 61.4 Å². The summed E-state index contributed by atoms with van der Waals surface area (Å²) in [6, 6.07) is 7.88. The van der Waals surface area contributed by atoms with Crippen molar-refractivity contribution in [2.45, 2.75) is 43.4 Å². The van der Waals surface area contributed by atoms with Crippen molar-refractivity contribution < 1.29 is 0 Å². The Morgan fingerprint density at radius 3 is 2.65 bits per heavy atom. The Balaban J connectivity index is 1.91. The third-order valence-corrected chi connectivity index (χ3v) is 5.79. The SMILES string of the molecule is Cc1nc(SCc2ccc(Cl)cc2Cl)c(C#N)c2c1CCCC2. The van der Waals surface area contributed by atoms with E-state index in [1.54, 1.807) is 17.8 Å². The van der Waals surface area contributed by atoms with Crippen molar-refractivity contribution in [3.63, 3.8) is 0 Å². The minimum atomic E-state index is 0.629. The monoisotopic (exact) mass is 362 g/mol. The molecule has 0 spiro atoms. The molecule has 0 amide bonds. The van der Waals surface area contributed by atoms with Gasteiger partial charge in [0.1, 0.15) is 11.1 Å². The summed E-state index contributed by atoms with van der Waals surface area (Å²) >= 11 is 13.7. The summed E-state index contributed by atoms with van der Waals surface area (Å²) < 4.78 is 0. The molecular formula is C18H16Cl2N2S. The second kappa shape index (κ2) is 7.13. The molecule has 1 aromatic carbocycles. The molecule has 0 unspecified atom stereocenters. The minimum Gasteiger partial charge on any atom is -0.245 e. The highest BCUT2D eigenvalue weighted by Gasteiger charge is 2.20. The second-order valence-corrected chi connectivity index (χ2v) is 7.49. The molecule has 2 nitrogen and oxygen atoms in total. The lowest BCUT2D eigenvalue weighted by Crippen LogP contribution is -2.10. The van der Waals surface area contributed by atoms with E-state index >= 15 is 0 Å². The summed E-state index contributed by atoms with van der Waals surface area (Å²) in [7, 11) is 0. The fourth-order valence-electron chi connectivity index (χ4n) is 2.99. The lowest BCUT2D eigenvalue weighted by Gasteiger charge is -2.20. The number of aromatic nitrogens is 1. The molecule has 118 valence electrons. The van der Waals surface area contributed by atoms with Gasteiger partial charge in [0.2, 0.25) is 0 Å². The first-order valence-corrected chi connectivity index (χ1v) is 9.33. The molecule has 3 rings (SSSR count). The minimum absolute atomic E-state index is 0.629. The zero-order valence-electron chi connectivity index (χ0n) is 12.8. The zero-order valence-corrected chi connectivity index (χ0v) is 15.2. The number of aryl methyl sites for hydroxylation is 1. The van der Waals surface area contributed by atoms with Crippen LogP contribution in [0.25, 0.3) is 0 Å². The second-order valence-electron chi connectivity index (χ2n) is 5.68. The number of nitriles is 1. The molecule has 0 fully saturated rings. The van der Waals surface area contributed by atoms with Crippen LogP contribution in [0, 0.1) is 18.3 Å². The van der Waals surface area contributed by atoms with Crippen LogP contribution in [-0.2, 0) is 18.6 Å². The molecule has 0 aliphatic heterocycles. The molecule has 1 aromatic heterocycles. The number of benzene rings is 1. The van der Waals surface area contributed by atoms with E-state index in [0.29, 0.717) is 15.8 Å². The molecule has 2 aromatic rings. The maximum atomic E-state index is 9.61. The Labute approximate surface area is 150 Å². The molecule has 0 atom stereocenters. The van der Waals surface area contributed by atoms with Crippen LogP contribution in [0.2, 0.25) is 10.0 Å². The lowest BCUT2D eigenvalue weighted by molar-refractivity contribution is 0.669. The highest BCUT2D eigenvalue weighted by Crippen LogP contribution is 2.34. The average molecular weight is 363 g/mol. The number of fused-ring (bicyclic) bond motifs is 1. The van der Waals surface area contributed by atoms with E-state index in [1.165, 1.54) is 17.5 Å². The van der Waals surface area contributed by atoms with Crippen LogP contribution in [0.5, 0.6) is 0 Å². The number of hydrogen-bond donors (Lipinski definition) is 0. The molecule has 23 heavy (non-hydrogen) atoms. The van der Waals surface area contributed by atoms with E-state index in [4.69, 9.17) is 28.2 Å². The van der Waals surface area contributed by atoms with Crippen molar-refractivity contribution in [1.82, 2.24) is 4.98 Å². The lowest BCUT2D eigenvalue weighted by atomic mass is 9.88. The van der Waals surface area contributed by atoms with E-state index in [1.807, 2.05) is 19.1 Å². The van der Waals surface area contributed by atoms with Gasteiger partial charge < -0.3 is 0 Å². The van der Waals surface area contributed by atoms with Gasteiger partial charge in [0.05, 0.1) is 5.56 Å². The van der Waals surface area contributed by atoms with Crippen LogP contribution in [0.15, 0.2) is 23.2 Å². The zero-order chi connectivity index (χ0) is 16.4. The van der Waals surface area contributed by atoms with Gasteiger partial charge in [-0.15, -0.1) is 11.8 Å². The highest BCUT2D eigenvalue weighted by atomic mass is 35.5. The molecule has 0 saturated carbocycles. The fourth-order valence-corrected chi connectivity index (χ4v) is 4.60. The fraction of sp³-hybridized carbons (Fsp3) is 0.333. The van der Waals surface area contributed by atoms with Crippen molar-refractivity contribution in [3.05, 3.63) is 56.2 Å². The molecule has 1 aliphatic rings. The summed E-state index contributed by atoms with van der Waals surface area (Å²) in [5.74, 6) is 0.676. The number of nitrogens with zero attached hydrogens (tertiary/aromatic N) is 2. The van der Waals surface area contributed by atoms with E-state index in [2.05, 4.69) is 6.07 Å². The van der Waals surface area contributed by atoms with E-state index in [0.717, 1.165) is 41.1 Å². The standard InChI is InChI=1S/C18H16Cl2N2S/c1-11-14-4-2-3-5-15(14)16(9-21)18(22-11)23-10-12-6-7-13(19)8-17(12)20/h6-8H,2-5,10H2,1H3. The molecule has 0 saturated heterocycles. The summed E-state index contributed by atoms with van der Waals surface area (Å²) in [5, 5.41) is 11.7.